The van der Waals surface area contributed by atoms with E-state index in [0.717, 1.165) is 45.4 Å². The number of nitrogens with one attached hydrogen (secondary N) is 1. The first kappa shape index (κ1) is 28.2. The van der Waals surface area contributed by atoms with Crippen LogP contribution in [0.5, 0.6) is 0 Å². The molecule has 2 saturated heterocycles. The van der Waals surface area contributed by atoms with Gasteiger partial charge in [-0.2, -0.15) is 9.97 Å². The Balaban J connectivity index is 1.17. The Morgan fingerprint density at radius 2 is 1.76 bits per heavy atom. The number of nitrogens with zero attached hydrogens (tertiary/aromatic N) is 6. The molecule has 1 unspecified atom stereocenters. The second-order valence-electron chi connectivity index (χ2n) is 11.6. The van der Waals surface area contributed by atoms with Gasteiger partial charge in [-0.05, 0) is 70.0 Å². The predicted octanol–water partition coefficient (Wildman–Crippen LogP) is 5.06. The van der Waals surface area contributed by atoms with Gasteiger partial charge in [-0.1, -0.05) is 12.1 Å². The van der Waals surface area contributed by atoms with Gasteiger partial charge in [0.2, 0.25) is 5.95 Å². The van der Waals surface area contributed by atoms with Crippen molar-refractivity contribution in [3.05, 3.63) is 36.2 Å². The molecule has 1 atom stereocenters. The molecular formula is C30H41F2N7O2. The van der Waals surface area contributed by atoms with Gasteiger partial charge in [-0.15, -0.1) is 0 Å². The van der Waals surface area contributed by atoms with Crippen LogP contribution in [0, 0.1) is 5.92 Å². The third-order valence-corrected chi connectivity index (χ3v) is 8.80. The number of morpholine rings is 1. The zero-order chi connectivity index (χ0) is 28.2. The smallest absolute Gasteiger partial charge is 0.296 e. The maximum absolute atomic E-state index is 14.1. The van der Waals surface area contributed by atoms with Gasteiger partial charge < -0.3 is 24.6 Å². The second-order valence-corrected chi connectivity index (χ2v) is 11.6. The van der Waals surface area contributed by atoms with Crippen LogP contribution >= 0.6 is 0 Å². The van der Waals surface area contributed by atoms with Gasteiger partial charge >= 0.3 is 0 Å². The van der Waals surface area contributed by atoms with E-state index >= 15 is 0 Å². The molecule has 0 amide bonds. The van der Waals surface area contributed by atoms with Crippen LogP contribution in [-0.4, -0.2) is 89.6 Å². The zero-order valence-electron chi connectivity index (χ0n) is 23.9. The molecule has 0 bridgehead atoms. The van der Waals surface area contributed by atoms with Gasteiger partial charge in [0.05, 0.1) is 30.4 Å². The summed E-state index contributed by atoms with van der Waals surface area (Å²) in [4.78, 5) is 18.4. The van der Waals surface area contributed by atoms with Crippen LogP contribution in [0.2, 0.25) is 0 Å². The quantitative estimate of drug-likeness (QED) is 0.383. The Labute approximate surface area is 240 Å². The van der Waals surface area contributed by atoms with E-state index in [2.05, 4.69) is 27.1 Å². The normalized spacial score (nSPS) is 23.9. The fourth-order valence-electron chi connectivity index (χ4n) is 6.45. The largest absolute Gasteiger partial charge is 0.378 e. The topological polar surface area (TPSA) is 80.6 Å². The molecule has 4 heterocycles. The van der Waals surface area contributed by atoms with Crippen LogP contribution in [-0.2, 0) is 9.47 Å². The number of para-hydroxylation sites is 2. The molecule has 41 heavy (non-hydrogen) atoms. The lowest BCUT2D eigenvalue weighted by molar-refractivity contribution is -0.0119. The summed E-state index contributed by atoms with van der Waals surface area (Å²) in [5, 5.41) is 3.47. The van der Waals surface area contributed by atoms with E-state index in [1.54, 1.807) is 24.3 Å². The Bertz CT molecular complexity index is 1290. The number of rotatable bonds is 9. The molecule has 1 aromatic carbocycles. The average Bonchev–Trinajstić information content (AvgIpc) is 3.41. The molecule has 9 nitrogen and oxygen atoms in total. The first-order chi connectivity index (χ1) is 20.0. The molecule has 222 valence electrons. The molecule has 3 aromatic rings. The van der Waals surface area contributed by atoms with Crippen molar-refractivity contribution in [2.45, 2.75) is 63.5 Å². The third-order valence-electron chi connectivity index (χ3n) is 8.80. The molecule has 2 aliphatic heterocycles. The molecule has 2 aromatic heterocycles. The maximum Gasteiger partial charge on any atom is 0.296 e. The molecule has 1 N–H and O–H groups in total. The first-order valence-corrected chi connectivity index (χ1v) is 15.1. The summed E-state index contributed by atoms with van der Waals surface area (Å²) in [7, 11) is 2.24. The lowest BCUT2D eigenvalue weighted by atomic mass is 9.85. The van der Waals surface area contributed by atoms with Crippen molar-refractivity contribution in [1.29, 1.82) is 0 Å². The highest BCUT2D eigenvalue weighted by atomic mass is 19.3. The molecule has 0 radical (unpaired) electrons. The minimum atomic E-state index is -2.74. The molecular weight excluding hydrogens is 528 g/mol. The van der Waals surface area contributed by atoms with Crippen molar-refractivity contribution >= 4 is 22.8 Å². The van der Waals surface area contributed by atoms with Gasteiger partial charge in [0, 0.05) is 44.9 Å². The summed E-state index contributed by atoms with van der Waals surface area (Å²) in [6.45, 7) is 5.24. The van der Waals surface area contributed by atoms with Crippen molar-refractivity contribution in [3.63, 3.8) is 0 Å². The lowest BCUT2D eigenvalue weighted by Gasteiger charge is -2.37. The number of imidazole rings is 1. The molecule has 0 spiro atoms. The summed E-state index contributed by atoms with van der Waals surface area (Å²) < 4.78 is 41.2. The van der Waals surface area contributed by atoms with Crippen LogP contribution < -0.4 is 10.2 Å². The number of alkyl halides is 2. The molecule has 6 rings (SSSR count). The van der Waals surface area contributed by atoms with E-state index in [1.165, 1.54) is 23.8 Å². The van der Waals surface area contributed by atoms with Crippen molar-refractivity contribution in [3.8, 4) is 5.82 Å². The number of anilines is 2. The van der Waals surface area contributed by atoms with Gasteiger partial charge in [-0.25, -0.2) is 13.8 Å². The Morgan fingerprint density at radius 1 is 0.976 bits per heavy atom. The number of benzene rings is 1. The summed E-state index contributed by atoms with van der Waals surface area (Å²) in [6, 6.07) is 9.55. The summed E-state index contributed by atoms with van der Waals surface area (Å²) in [5.41, 5.74) is 1.11. The van der Waals surface area contributed by atoms with Crippen LogP contribution in [0.15, 0.2) is 30.3 Å². The van der Waals surface area contributed by atoms with Crippen molar-refractivity contribution in [1.82, 2.24) is 24.4 Å². The van der Waals surface area contributed by atoms with E-state index in [0.29, 0.717) is 73.0 Å². The monoisotopic (exact) mass is 569 g/mol. The van der Waals surface area contributed by atoms with Gasteiger partial charge in [0.1, 0.15) is 11.6 Å². The van der Waals surface area contributed by atoms with E-state index in [1.807, 2.05) is 6.07 Å². The first-order valence-electron chi connectivity index (χ1n) is 15.1. The molecule has 1 saturated carbocycles. The highest BCUT2D eigenvalue weighted by Crippen LogP contribution is 2.31. The molecule has 3 aliphatic rings. The molecule has 11 heteroatoms. The van der Waals surface area contributed by atoms with Crippen LogP contribution in [0.4, 0.5) is 20.5 Å². The van der Waals surface area contributed by atoms with E-state index in [-0.39, 0.29) is 5.82 Å². The number of ether oxygens (including phenoxy) is 2. The number of likely N-dealkylation sites (N-methyl/N-ethyl adjacent to an activating group) is 1. The Kier molecular flexibility index (Phi) is 8.92. The van der Waals surface area contributed by atoms with Crippen molar-refractivity contribution in [2.24, 2.45) is 5.92 Å². The zero-order valence-corrected chi connectivity index (χ0v) is 23.9. The van der Waals surface area contributed by atoms with Crippen LogP contribution in [0.25, 0.3) is 16.9 Å². The van der Waals surface area contributed by atoms with E-state index < -0.39 is 6.43 Å². The highest BCUT2D eigenvalue weighted by Gasteiger charge is 2.27. The SMILES string of the molecule is CN(CC1CCCCO1)[C@H]1CC[C@H](CNc2nc(N3CCOCC3)cc(-n3c(C(F)F)nc4ccccc43)n2)CC1. The number of halogens is 2. The van der Waals surface area contributed by atoms with Gasteiger partial charge in [0.15, 0.2) is 5.82 Å². The highest BCUT2D eigenvalue weighted by molar-refractivity contribution is 5.78. The molecule has 3 fully saturated rings. The van der Waals surface area contributed by atoms with Gasteiger partial charge in [0.25, 0.3) is 6.43 Å². The third kappa shape index (κ3) is 6.62. The number of hydrogen-bond acceptors (Lipinski definition) is 8. The average molecular weight is 570 g/mol. The van der Waals surface area contributed by atoms with Crippen molar-refractivity contribution < 1.29 is 18.3 Å². The van der Waals surface area contributed by atoms with Crippen LogP contribution in [0.3, 0.4) is 0 Å². The summed E-state index contributed by atoms with van der Waals surface area (Å²) in [6.07, 6.45) is 5.84. The summed E-state index contributed by atoms with van der Waals surface area (Å²) >= 11 is 0. The minimum absolute atomic E-state index is 0.315. The van der Waals surface area contributed by atoms with Crippen LogP contribution in [0.1, 0.15) is 57.2 Å². The van der Waals surface area contributed by atoms with Gasteiger partial charge in [-0.3, -0.25) is 4.57 Å². The molecule has 1 aliphatic carbocycles. The lowest BCUT2D eigenvalue weighted by Crippen LogP contribution is -2.42. The second kappa shape index (κ2) is 13.0. The fraction of sp³-hybridized carbons (Fsp3) is 0.633. The van der Waals surface area contributed by atoms with E-state index in [4.69, 9.17) is 19.4 Å². The summed E-state index contributed by atoms with van der Waals surface area (Å²) in [5.74, 6) is 1.74. The Morgan fingerprint density at radius 3 is 2.51 bits per heavy atom. The number of hydrogen-bond donors (Lipinski definition) is 1. The number of aromatic nitrogens is 4. The van der Waals surface area contributed by atoms with E-state index in [9.17, 15) is 8.78 Å². The predicted molar refractivity (Wildman–Crippen MR) is 155 cm³/mol. The Hall–Kier alpha value is -2.89. The fourth-order valence-corrected chi connectivity index (χ4v) is 6.45. The van der Waals surface area contributed by atoms with Crippen molar-refractivity contribution in [2.75, 3.05) is 63.3 Å². The standard InChI is InChI=1S/C30H41F2N7O2/c1-37(20-23-6-4-5-15-41-23)22-11-9-21(10-12-22)19-33-30-35-26(38-13-16-40-17-14-38)18-27(36-30)39-25-8-3-2-7-24(25)34-29(39)28(31)32/h2-3,7-8,18,21-23,28H,4-6,9-17,19-20H2,1H3,(H,33,35,36)/t21-,22-,23?. The minimum Gasteiger partial charge on any atom is -0.378 e. The maximum atomic E-state index is 14.1. The number of fused-ring (bicyclic) bond motifs is 1.